The fourth-order valence-electron chi connectivity index (χ4n) is 9.53. The van der Waals surface area contributed by atoms with Gasteiger partial charge in [-0.1, -0.05) is 297 Å². The summed E-state index contributed by atoms with van der Waals surface area (Å²) in [7, 11) is 0. The normalized spacial score (nSPS) is 12.5. The largest absolute Gasteiger partial charge is 0.462 e. The van der Waals surface area contributed by atoms with Crippen molar-refractivity contribution in [2.75, 3.05) is 13.2 Å². The third-order valence-electron chi connectivity index (χ3n) is 13.7. The molecule has 362 valence electrons. The fraction of sp³-hybridized carbons (Fsp3) is 0.862. The lowest BCUT2D eigenvalue weighted by molar-refractivity contribution is 0.0450. The van der Waals surface area contributed by atoms with Gasteiger partial charge in [-0.15, -0.1) is 0 Å². The summed E-state index contributed by atoms with van der Waals surface area (Å²) in [5.74, 6) is 0.928. The summed E-state index contributed by atoms with van der Waals surface area (Å²) in [5.41, 5.74) is 0.646. The van der Waals surface area contributed by atoms with Crippen molar-refractivity contribution < 1.29 is 19.1 Å². The molecule has 0 heterocycles. The number of rotatable bonds is 48. The molecule has 0 saturated carbocycles. The summed E-state index contributed by atoms with van der Waals surface area (Å²) < 4.78 is 11.4. The standard InChI is InChI=1S/C58H106O4/c1-5-9-13-17-21-23-27-35-45-53(43-33-25-19-15-11-7-3)47-37-29-31-41-51-61-57(59)55-49-39-40-50-56(55)58(60)62-52-42-32-30-38-48-54(44-34-26-20-16-12-8-4)46-36-28-24-22-18-14-10-6-2/h39-40,49-50,53-54H,5-38,41-48,51-52H2,1-4H3. The molecular formula is C58H106O4. The first-order chi connectivity index (χ1) is 30.6. The quantitative estimate of drug-likeness (QED) is 0.0484. The molecule has 0 fully saturated rings. The SMILES string of the molecule is CCCCCCCCCCC(CCCCCCCC)CCCCCCOC(=O)c1ccccc1C(=O)OCCCCCCC(CCCCCCCC)CCCCCCCCCC. The maximum absolute atomic E-state index is 13.1. The molecule has 2 unspecified atom stereocenters. The Labute approximate surface area is 387 Å². The Balaban J connectivity index is 2.35. The highest BCUT2D eigenvalue weighted by atomic mass is 16.5. The zero-order valence-electron chi connectivity index (χ0n) is 42.2. The minimum Gasteiger partial charge on any atom is -0.462 e. The number of carbonyl (C=O) groups excluding carboxylic acids is 2. The average molecular weight is 867 g/mol. The zero-order chi connectivity index (χ0) is 44.8. The van der Waals surface area contributed by atoms with Crippen LogP contribution in [0.5, 0.6) is 0 Å². The Morgan fingerprint density at radius 3 is 0.774 bits per heavy atom. The molecule has 4 heteroatoms. The van der Waals surface area contributed by atoms with Gasteiger partial charge in [0, 0.05) is 0 Å². The molecule has 0 aliphatic rings. The first-order valence-corrected chi connectivity index (χ1v) is 28.0. The van der Waals surface area contributed by atoms with E-state index in [0.717, 1.165) is 37.5 Å². The van der Waals surface area contributed by atoms with E-state index in [1.165, 1.54) is 244 Å². The van der Waals surface area contributed by atoms with Crippen LogP contribution in [0.25, 0.3) is 0 Å². The molecule has 1 aromatic rings. The van der Waals surface area contributed by atoms with Crippen LogP contribution in [-0.2, 0) is 9.47 Å². The molecule has 0 bridgehead atoms. The van der Waals surface area contributed by atoms with Crippen molar-refractivity contribution in [3.8, 4) is 0 Å². The lowest BCUT2D eigenvalue weighted by Gasteiger charge is -2.17. The highest BCUT2D eigenvalue weighted by Gasteiger charge is 2.19. The highest BCUT2D eigenvalue weighted by molar-refractivity contribution is 6.03. The van der Waals surface area contributed by atoms with Gasteiger partial charge in [-0.05, 0) is 36.8 Å². The molecule has 0 radical (unpaired) electrons. The number of hydrogen-bond acceptors (Lipinski definition) is 4. The van der Waals surface area contributed by atoms with Crippen molar-refractivity contribution in [2.24, 2.45) is 11.8 Å². The number of carbonyl (C=O) groups is 2. The Hall–Kier alpha value is -1.84. The van der Waals surface area contributed by atoms with E-state index in [9.17, 15) is 9.59 Å². The van der Waals surface area contributed by atoms with E-state index in [2.05, 4.69) is 27.7 Å². The molecule has 0 aromatic heterocycles. The van der Waals surface area contributed by atoms with Crippen LogP contribution in [0.3, 0.4) is 0 Å². The molecule has 0 aliphatic heterocycles. The monoisotopic (exact) mass is 867 g/mol. The summed E-state index contributed by atoms with van der Waals surface area (Å²) in [6.07, 6.45) is 56.2. The van der Waals surface area contributed by atoms with Gasteiger partial charge in [0.05, 0.1) is 24.3 Å². The van der Waals surface area contributed by atoms with E-state index in [1.807, 2.05) is 0 Å². The minimum absolute atomic E-state index is 0.323. The van der Waals surface area contributed by atoms with Crippen LogP contribution in [-0.4, -0.2) is 25.2 Å². The molecular weight excluding hydrogens is 761 g/mol. The Morgan fingerprint density at radius 2 is 0.532 bits per heavy atom. The molecule has 62 heavy (non-hydrogen) atoms. The van der Waals surface area contributed by atoms with Crippen LogP contribution < -0.4 is 0 Å². The van der Waals surface area contributed by atoms with Crippen LogP contribution in [0.15, 0.2) is 24.3 Å². The number of benzene rings is 1. The molecule has 4 nitrogen and oxygen atoms in total. The molecule has 0 aliphatic carbocycles. The smallest absolute Gasteiger partial charge is 0.339 e. The average Bonchev–Trinajstić information content (AvgIpc) is 3.28. The van der Waals surface area contributed by atoms with Crippen molar-refractivity contribution in [3.05, 3.63) is 35.4 Å². The van der Waals surface area contributed by atoms with Gasteiger partial charge in [0.15, 0.2) is 0 Å². The highest BCUT2D eigenvalue weighted by Crippen LogP contribution is 2.26. The number of hydrogen-bond donors (Lipinski definition) is 0. The third-order valence-corrected chi connectivity index (χ3v) is 13.7. The Morgan fingerprint density at radius 1 is 0.323 bits per heavy atom. The summed E-state index contributed by atoms with van der Waals surface area (Å²) in [5, 5.41) is 0. The van der Waals surface area contributed by atoms with E-state index in [0.29, 0.717) is 24.3 Å². The van der Waals surface area contributed by atoms with E-state index in [4.69, 9.17) is 9.47 Å². The molecule has 0 spiro atoms. The number of unbranched alkanes of at least 4 members (excludes halogenated alkanes) is 30. The van der Waals surface area contributed by atoms with Gasteiger partial charge in [0.1, 0.15) is 0 Å². The number of ether oxygens (including phenoxy) is 2. The molecule has 0 amide bonds. The second-order valence-corrected chi connectivity index (χ2v) is 19.6. The van der Waals surface area contributed by atoms with Gasteiger partial charge in [-0.25, -0.2) is 9.59 Å². The van der Waals surface area contributed by atoms with Gasteiger partial charge in [-0.3, -0.25) is 0 Å². The zero-order valence-corrected chi connectivity index (χ0v) is 42.2. The van der Waals surface area contributed by atoms with Crippen LogP contribution in [0.2, 0.25) is 0 Å². The first kappa shape index (κ1) is 58.2. The van der Waals surface area contributed by atoms with Gasteiger partial charge in [0.2, 0.25) is 0 Å². The Bertz CT molecular complexity index is 1010. The second-order valence-electron chi connectivity index (χ2n) is 19.6. The predicted molar refractivity (Wildman–Crippen MR) is 271 cm³/mol. The summed E-state index contributed by atoms with van der Waals surface area (Å²) in [6, 6.07) is 7.00. The molecule has 0 N–H and O–H groups in total. The fourth-order valence-corrected chi connectivity index (χ4v) is 9.53. The van der Waals surface area contributed by atoms with Gasteiger partial charge in [0.25, 0.3) is 0 Å². The van der Waals surface area contributed by atoms with Crippen molar-refractivity contribution in [1.29, 1.82) is 0 Å². The van der Waals surface area contributed by atoms with Crippen molar-refractivity contribution in [3.63, 3.8) is 0 Å². The third kappa shape index (κ3) is 35.5. The molecule has 0 saturated heterocycles. The predicted octanol–water partition coefficient (Wildman–Crippen LogP) is 19.7. The van der Waals surface area contributed by atoms with Crippen LogP contribution in [0.1, 0.15) is 318 Å². The first-order valence-electron chi connectivity index (χ1n) is 28.0. The second kappa shape index (κ2) is 45.7. The summed E-state index contributed by atoms with van der Waals surface area (Å²) in [6.45, 7) is 10.0. The Kier molecular flexibility index (Phi) is 42.9. The van der Waals surface area contributed by atoms with Gasteiger partial charge >= 0.3 is 11.9 Å². The van der Waals surface area contributed by atoms with Crippen LogP contribution >= 0.6 is 0 Å². The van der Waals surface area contributed by atoms with Crippen LogP contribution in [0, 0.1) is 11.8 Å². The van der Waals surface area contributed by atoms with E-state index < -0.39 is 11.9 Å². The number of esters is 2. The summed E-state index contributed by atoms with van der Waals surface area (Å²) in [4.78, 5) is 26.2. The molecule has 1 rings (SSSR count). The molecule has 2 atom stereocenters. The van der Waals surface area contributed by atoms with Gasteiger partial charge in [-0.2, -0.15) is 0 Å². The van der Waals surface area contributed by atoms with Crippen molar-refractivity contribution in [1.82, 2.24) is 0 Å². The topological polar surface area (TPSA) is 52.6 Å². The lowest BCUT2D eigenvalue weighted by atomic mass is 9.89. The minimum atomic E-state index is -0.413. The maximum atomic E-state index is 13.1. The van der Waals surface area contributed by atoms with E-state index >= 15 is 0 Å². The lowest BCUT2D eigenvalue weighted by Crippen LogP contribution is -2.15. The maximum Gasteiger partial charge on any atom is 0.339 e. The van der Waals surface area contributed by atoms with Crippen LogP contribution in [0.4, 0.5) is 0 Å². The van der Waals surface area contributed by atoms with Crippen molar-refractivity contribution >= 4 is 11.9 Å². The molecule has 1 aromatic carbocycles. The summed E-state index contributed by atoms with van der Waals surface area (Å²) >= 11 is 0. The van der Waals surface area contributed by atoms with E-state index in [-0.39, 0.29) is 0 Å². The van der Waals surface area contributed by atoms with Gasteiger partial charge < -0.3 is 9.47 Å². The van der Waals surface area contributed by atoms with Crippen molar-refractivity contribution in [2.45, 2.75) is 297 Å². The van der Waals surface area contributed by atoms with E-state index in [1.54, 1.807) is 24.3 Å².